The van der Waals surface area contributed by atoms with E-state index in [2.05, 4.69) is 42.7 Å². The van der Waals surface area contributed by atoms with Crippen LogP contribution in [-0.4, -0.2) is 4.57 Å². The predicted molar refractivity (Wildman–Crippen MR) is 108 cm³/mol. The number of aryl methyl sites for hydroxylation is 1. The zero-order valence-electron chi connectivity index (χ0n) is 16.0. The molecule has 0 unspecified atom stereocenters. The van der Waals surface area contributed by atoms with Crippen molar-refractivity contribution in [3.05, 3.63) is 45.7 Å². The van der Waals surface area contributed by atoms with Crippen molar-refractivity contribution in [2.24, 2.45) is 0 Å². The fourth-order valence-electron chi connectivity index (χ4n) is 4.44. The molecule has 0 spiro atoms. The maximum Gasteiger partial charge on any atom is 0.254 e. The summed E-state index contributed by atoms with van der Waals surface area (Å²) in [6, 6.07) is 9.04. The number of nitrogens with zero attached hydrogens (tertiary/aromatic N) is 1. The highest BCUT2D eigenvalue weighted by molar-refractivity contribution is 5.84. The molecule has 0 saturated heterocycles. The lowest BCUT2D eigenvalue weighted by molar-refractivity contribution is 0.353. The number of para-hydroxylation sites is 1. The van der Waals surface area contributed by atoms with Gasteiger partial charge in [0.1, 0.15) is 0 Å². The predicted octanol–water partition coefficient (Wildman–Crippen LogP) is 6.19. The summed E-state index contributed by atoms with van der Waals surface area (Å²) in [5.41, 5.74) is 3.93. The summed E-state index contributed by atoms with van der Waals surface area (Å²) in [4.78, 5) is 13.5. The quantitative estimate of drug-likeness (QED) is 0.589. The van der Waals surface area contributed by atoms with Crippen LogP contribution in [0.1, 0.15) is 88.8 Å². The number of benzene rings is 1. The molecule has 25 heavy (non-hydrogen) atoms. The normalized spacial score (nSPS) is 15.8. The summed E-state index contributed by atoms with van der Waals surface area (Å²) in [6.07, 6.45) is 12.7. The Morgan fingerprint density at radius 3 is 2.24 bits per heavy atom. The van der Waals surface area contributed by atoms with Crippen LogP contribution in [0.25, 0.3) is 10.9 Å². The third-order valence-electron chi connectivity index (χ3n) is 5.83. The lowest BCUT2D eigenvalue weighted by Crippen LogP contribution is -2.30. The van der Waals surface area contributed by atoms with Crippen LogP contribution < -0.4 is 5.56 Å². The van der Waals surface area contributed by atoms with Crippen molar-refractivity contribution in [1.29, 1.82) is 0 Å². The highest BCUT2D eigenvalue weighted by Crippen LogP contribution is 2.32. The molecule has 0 amide bonds. The van der Waals surface area contributed by atoms with Gasteiger partial charge < -0.3 is 4.57 Å². The van der Waals surface area contributed by atoms with Crippen molar-refractivity contribution in [2.45, 2.75) is 90.5 Å². The van der Waals surface area contributed by atoms with Crippen molar-refractivity contribution >= 4 is 10.9 Å². The highest BCUT2D eigenvalue weighted by atomic mass is 16.1. The van der Waals surface area contributed by atoms with Crippen molar-refractivity contribution in [3.8, 4) is 0 Å². The second-order valence-corrected chi connectivity index (χ2v) is 7.65. The minimum atomic E-state index is 0.310. The van der Waals surface area contributed by atoms with E-state index in [1.807, 2.05) is 0 Å². The Labute approximate surface area is 152 Å². The van der Waals surface area contributed by atoms with E-state index >= 15 is 0 Å². The molecule has 3 rings (SSSR count). The van der Waals surface area contributed by atoms with Crippen LogP contribution in [0.5, 0.6) is 0 Å². The van der Waals surface area contributed by atoms with Gasteiger partial charge in [0, 0.05) is 17.0 Å². The lowest BCUT2D eigenvalue weighted by atomic mass is 9.91. The molecule has 1 aromatic carbocycles. The first kappa shape index (κ1) is 18.2. The van der Waals surface area contributed by atoms with E-state index in [0.717, 1.165) is 50.5 Å². The third kappa shape index (κ3) is 3.83. The van der Waals surface area contributed by atoms with E-state index in [1.165, 1.54) is 42.1 Å². The van der Waals surface area contributed by atoms with Gasteiger partial charge in [0.2, 0.25) is 0 Å². The summed E-state index contributed by atoms with van der Waals surface area (Å²) < 4.78 is 2.18. The standard InChI is InChI=1S/C23H33NO/c1-3-5-14-19-20-16-10-11-17-22(20)24(18-12-8-7-9-13-18)23(25)21(19)15-6-4-2/h10-11,16-18H,3-9,12-15H2,1-2H3. The number of hydrogen-bond donors (Lipinski definition) is 0. The van der Waals surface area contributed by atoms with Crippen LogP contribution in [0.3, 0.4) is 0 Å². The van der Waals surface area contributed by atoms with Gasteiger partial charge in [0.05, 0.1) is 5.52 Å². The van der Waals surface area contributed by atoms with Gasteiger partial charge in [0.25, 0.3) is 5.56 Å². The average Bonchev–Trinajstić information content (AvgIpc) is 2.66. The van der Waals surface area contributed by atoms with Crippen LogP contribution >= 0.6 is 0 Å². The van der Waals surface area contributed by atoms with Crippen molar-refractivity contribution in [1.82, 2.24) is 4.57 Å². The Hall–Kier alpha value is -1.57. The molecule has 136 valence electrons. The molecular formula is C23H33NO. The molecule has 1 aliphatic rings. The zero-order chi connectivity index (χ0) is 17.6. The molecule has 2 aromatic rings. The zero-order valence-corrected chi connectivity index (χ0v) is 16.0. The fraction of sp³-hybridized carbons (Fsp3) is 0.609. The number of hydrogen-bond acceptors (Lipinski definition) is 1. The summed E-state index contributed by atoms with van der Waals surface area (Å²) in [7, 11) is 0. The molecule has 0 bridgehead atoms. The minimum absolute atomic E-state index is 0.310. The largest absolute Gasteiger partial charge is 0.305 e. The first-order valence-corrected chi connectivity index (χ1v) is 10.4. The molecular weight excluding hydrogens is 306 g/mol. The van der Waals surface area contributed by atoms with E-state index in [0.29, 0.717) is 11.6 Å². The number of pyridine rings is 1. The van der Waals surface area contributed by atoms with Crippen molar-refractivity contribution < 1.29 is 0 Å². The van der Waals surface area contributed by atoms with Gasteiger partial charge in [-0.3, -0.25) is 4.79 Å². The van der Waals surface area contributed by atoms with Crippen molar-refractivity contribution in [2.75, 3.05) is 0 Å². The molecule has 1 aliphatic carbocycles. The third-order valence-corrected chi connectivity index (χ3v) is 5.83. The molecule has 1 fully saturated rings. The Morgan fingerprint density at radius 1 is 0.920 bits per heavy atom. The highest BCUT2D eigenvalue weighted by Gasteiger charge is 2.22. The Balaban J connectivity index is 2.20. The molecule has 0 radical (unpaired) electrons. The summed E-state index contributed by atoms with van der Waals surface area (Å²) >= 11 is 0. The van der Waals surface area contributed by atoms with Crippen LogP contribution in [0.2, 0.25) is 0 Å². The Morgan fingerprint density at radius 2 is 1.56 bits per heavy atom. The molecule has 2 nitrogen and oxygen atoms in total. The molecule has 1 aromatic heterocycles. The molecule has 2 heteroatoms. The molecule has 1 heterocycles. The molecule has 1 saturated carbocycles. The Kier molecular flexibility index (Phi) is 6.34. The Bertz CT molecular complexity index is 753. The molecule has 0 N–H and O–H groups in total. The summed E-state index contributed by atoms with van der Waals surface area (Å²) in [5.74, 6) is 0. The van der Waals surface area contributed by atoms with Crippen molar-refractivity contribution in [3.63, 3.8) is 0 Å². The van der Waals surface area contributed by atoms with Crippen LogP contribution in [0.4, 0.5) is 0 Å². The van der Waals surface area contributed by atoms with Crippen LogP contribution in [0.15, 0.2) is 29.1 Å². The SMILES string of the molecule is CCCCc1c(CCCC)c2ccccc2n(C2CCCCC2)c1=O. The van der Waals surface area contributed by atoms with Gasteiger partial charge in [0.15, 0.2) is 0 Å². The van der Waals surface area contributed by atoms with E-state index in [9.17, 15) is 4.79 Å². The first-order chi connectivity index (χ1) is 12.3. The number of unbranched alkanes of at least 4 members (excludes halogenated alkanes) is 2. The van der Waals surface area contributed by atoms with Crippen LogP contribution in [-0.2, 0) is 12.8 Å². The van der Waals surface area contributed by atoms with Crippen LogP contribution in [0, 0.1) is 0 Å². The second kappa shape index (κ2) is 8.69. The topological polar surface area (TPSA) is 22.0 Å². The van der Waals surface area contributed by atoms with E-state index in [1.54, 1.807) is 0 Å². The molecule has 0 atom stereocenters. The van der Waals surface area contributed by atoms with Gasteiger partial charge in [-0.05, 0) is 50.2 Å². The van der Waals surface area contributed by atoms with E-state index < -0.39 is 0 Å². The van der Waals surface area contributed by atoms with E-state index in [4.69, 9.17) is 0 Å². The first-order valence-electron chi connectivity index (χ1n) is 10.4. The van der Waals surface area contributed by atoms with Gasteiger partial charge in [-0.1, -0.05) is 64.2 Å². The smallest absolute Gasteiger partial charge is 0.254 e. The van der Waals surface area contributed by atoms with Gasteiger partial charge in [-0.25, -0.2) is 0 Å². The minimum Gasteiger partial charge on any atom is -0.305 e. The van der Waals surface area contributed by atoms with Gasteiger partial charge in [-0.2, -0.15) is 0 Å². The maximum atomic E-state index is 13.5. The maximum absolute atomic E-state index is 13.5. The van der Waals surface area contributed by atoms with Gasteiger partial charge >= 0.3 is 0 Å². The lowest BCUT2D eigenvalue weighted by Gasteiger charge is -2.27. The number of rotatable bonds is 7. The average molecular weight is 340 g/mol. The second-order valence-electron chi connectivity index (χ2n) is 7.65. The monoisotopic (exact) mass is 339 g/mol. The fourth-order valence-corrected chi connectivity index (χ4v) is 4.44. The number of aromatic nitrogens is 1. The number of fused-ring (bicyclic) bond motifs is 1. The summed E-state index contributed by atoms with van der Waals surface area (Å²) in [5, 5.41) is 1.33. The van der Waals surface area contributed by atoms with Gasteiger partial charge in [-0.15, -0.1) is 0 Å². The summed E-state index contributed by atoms with van der Waals surface area (Å²) in [6.45, 7) is 4.45. The van der Waals surface area contributed by atoms with E-state index in [-0.39, 0.29) is 0 Å². The molecule has 0 aliphatic heterocycles.